The Morgan fingerprint density at radius 2 is 1.65 bits per heavy atom. The Kier molecular flexibility index (Phi) is 11.1. The van der Waals surface area contributed by atoms with Crippen LogP contribution in [0.15, 0.2) is 11.6 Å². The molecule has 0 unspecified atom stereocenters. The van der Waals surface area contributed by atoms with Gasteiger partial charge in [0.1, 0.15) is 0 Å². The average molecular weight is 239 g/mol. The molecule has 17 heavy (non-hydrogen) atoms. The molecule has 0 bridgehead atoms. The second-order valence-corrected chi connectivity index (χ2v) is 4.59. The Balaban J connectivity index is 3.70. The minimum absolute atomic E-state index is 0.139. The van der Waals surface area contributed by atoms with Crippen LogP contribution in [0.25, 0.3) is 0 Å². The molecule has 0 aromatic carbocycles. The van der Waals surface area contributed by atoms with Crippen LogP contribution in [-0.4, -0.2) is 12.5 Å². The highest BCUT2D eigenvalue weighted by molar-refractivity contribution is 5.93. The van der Waals surface area contributed by atoms with Crippen molar-refractivity contribution in [3.8, 4) is 0 Å². The molecule has 1 amide bonds. The third kappa shape index (κ3) is 8.96. The summed E-state index contributed by atoms with van der Waals surface area (Å²) in [5, 5.41) is 3.01. The molecule has 0 aliphatic carbocycles. The second-order valence-electron chi connectivity index (χ2n) is 4.59. The number of unbranched alkanes of at least 4 members (excludes halogenated alkanes) is 5. The zero-order chi connectivity index (χ0) is 12.9. The van der Waals surface area contributed by atoms with Crippen LogP contribution >= 0.6 is 0 Å². The van der Waals surface area contributed by atoms with Gasteiger partial charge in [-0.05, 0) is 26.2 Å². The first-order valence-corrected chi connectivity index (χ1v) is 7.19. The van der Waals surface area contributed by atoms with Crippen LogP contribution in [0, 0.1) is 0 Å². The molecule has 100 valence electrons. The average Bonchev–Trinajstić information content (AvgIpc) is 2.34. The lowest BCUT2D eigenvalue weighted by Gasteiger charge is -2.08. The van der Waals surface area contributed by atoms with Gasteiger partial charge in [0, 0.05) is 12.1 Å². The van der Waals surface area contributed by atoms with Crippen molar-refractivity contribution in [1.82, 2.24) is 5.32 Å². The molecule has 1 N–H and O–H groups in total. The standard InChI is InChI=1S/C15H29NO/c1-4-7-9-11-13-16-15(17)14(6-3)12-10-8-5-2/h6H,4-5,7-13H2,1-3H3,(H,16,17)/b14-6-. The predicted octanol–water partition coefficient (Wildman–Crippen LogP) is 4.21. The molecule has 0 aromatic heterocycles. The number of hydrogen-bond acceptors (Lipinski definition) is 1. The third-order valence-corrected chi connectivity index (χ3v) is 3.01. The number of carbonyl (C=O) groups excluding carboxylic acids is 1. The molecule has 0 rings (SSSR count). The van der Waals surface area contributed by atoms with E-state index in [-0.39, 0.29) is 5.91 Å². The summed E-state index contributed by atoms with van der Waals surface area (Å²) in [6, 6.07) is 0. The number of rotatable bonds is 10. The maximum Gasteiger partial charge on any atom is 0.246 e. The normalized spacial score (nSPS) is 11.6. The molecule has 0 aromatic rings. The highest BCUT2D eigenvalue weighted by Crippen LogP contribution is 2.09. The molecular formula is C15H29NO. The van der Waals surface area contributed by atoms with Gasteiger partial charge in [0.25, 0.3) is 0 Å². The Morgan fingerprint density at radius 3 is 2.24 bits per heavy atom. The summed E-state index contributed by atoms with van der Waals surface area (Å²) in [7, 11) is 0. The van der Waals surface area contributed by atoms with Crippen LogP contribution in [0.3, 0.4) is 0 Å². The fourth-order valence-corrected chi connectivity index (χ4v) is 1.82. The smallest absolute Gasteiger partial charge is 0.246 e. The van der Waals surface area contributed by atoms with E-state index < -0.39 is 0 Å². The van der Waals surface area contributed by atoms with E-state index in [9.17, 15) is 4.79 Å². The van der Waals surface area contributed by atoms with Crippen LogP contribution < -0.4 is 5.32 Å². The Bertz CT molecular complexity index is 221. The van der Waals surface area contributed by atoms with Crippen LogP contribution in [-0.2, 0) is 4.79 Å². The van der Waals surface area contributed by atoms with E-state index in [0.717, 1.165) is 31.4 Å². The first-order chi connectivity index (χ1) is 8.26. The summed E-state index contributed by atoms with van der Waals surface area (Å²) >= 11 is 0. The number of amides is 1. The van der Waals surface area contributed by atoms with E-state index in [1.54, 1.807) is 0 Å². The second kappa shape index (κ2) is 11.7. The van der Waals surface area contributed by atoms with Gasteiger partial charge in [-0.15, -0.1) is 0 Å². The van der Waals surface area contributed by atoms with Crippen LogP contribution in [0.2, 0.25) is 0 Å². The summed E-state index contributed by atoms with van der Waals surface area (Å²) in [5.74, 6) is 0.139. The van der Waals surface area contributed by atoms with Gasteiger partial charge >= 0.3 is 0 Å². The van der Waals surface area contributed by atoms with E-state index in [4.69, 9.17) is 0 Å². The number of allylic oxidation sites excluding steroid dienone is 1. The summed E-state index contributed by atoms with van der Waals surface area (Å²) in [4.78, 5) is 11.8. The molecule has 0 aliphatic rings. The van der Waals surface area contributed by atoms with Crippen molar-refractivity contribution in [2.75, 3.05) is 6.54 Å². The molecule has 0 saturated heterocycles. The fraction of sp³-hybridized carbons (Fsp3) is 0.800. The molecule has 0 aliphatic heterocycles. The van der Waals surface area contributed by atoms with Gasteiger partial charge in [-0.1, -0.05) is 52.0 Å². The van der Waals surface area contributed by atoms with Crippen molar-refractivity contribution >= 4 is 5.91 Å². The minimum atomic E-state index is 0.139. The highest BCUT2D eigenvalue weighted by Gasteiger charge is 2.06. The fourth-order valence-electron chi connectivity index (χ4n) is 1.82. The summed E-state index contributed by atoms with van der Waals surface area (Å²) in [5.41, 5.74) is 0.953. The number of nitrogens with one attached hydrogen (secondary N) is 1. The molecule has 0 atom stereocenters. The van der Waals surface area contributed by atoms with Crippen molar-refractivity contribution < 1.29 is 4.79 Å². The van der Waals surface area contributed by atoms with Crippen LogP contribution in [0.5, 0.6) is 0 Å². The monoisotopic (exact) mass is 239 g/mol. The first-order valence-electron chi connectivity index (χ1n) is 7.19. The predicted molar refractivity (Wildman–Crippen MR) is 75.1 cm³/mol. The Hall–Kier alpha value is -0.790. The SMILES string of the molecule is C/C=C(/CCCCC)C(=O)NCCCCCC. The van der Waals surface area contributed by atoms with E-state index in [2.05, 4.69) is 19.2 Å². The third-order valence-electron chi connectivity index (χ3n) is 3.01. The summed E-state index contributed by atoms with van der Waals surface area (Å²) in [6.45, 7) is 7.16. The molecule has 2 nitrogen and oxygen atoms in total. The van der Waals surface area contributed by atoms with Gasteiger partial charge in [0.05, 0.1) is 0 Å². The van der Waals surface area contributed by atoms with Crippen molar-refractivity contribution in [3.05, 3.63) is 11.6 Å². The van der Waals surface area contributed by atoms with E-state index >= 15 is 0 Å². The molecule has 0 radical (unpaired) electrons. The Labute approximate surface area is 107 Å². The van der Waals surface area contributed by atoms with Crippen molar-refractivity contribution in [2.24, 2.45) is 0 Å². The zero-order valence-electron chi connectivity index (χ0n) is 11.8. The largest absolute Gasteiger partial charge is 0.352 e. The maximum absolute atomic E-state index is 11.8. The van der Waals surface area contributed by atoms with Gasteiger partial charge in [0.15, 0.2) is 0 Å². The first kappa shape index (κ1) is 16.2. The maximum atomic E-state index is 11.8. The van der Waals surface area contributed by atoms with Crippen molar-refractivity contribution in [3.63, 3.8) is 0 Å². The van der Waals surface area contributed by atoms with Crippen molar-refractivity contribution in [2.45, 2.75) is 72.1 Å². The van der Waals surface area contributed by atoms with Gasteiger partial charge < -0.3 is 5.32 Å². The molecule has 0 saturated carbocycles. The van der Waals surface area contributed by atoms with Crippen LogP contribution in [0.1, 0.15) is 72.1 Å². The number of hydrogen-bond donors (Lipinski definition) is 1. The topological polar surface area (TPSA) is 29.1 Å². The Morgan fingerprint density at radius 1 is 1.00 bits per heavy atom. The quantitative estimate of drug-likeness (QED) is 0.449. The van der Waals surface area contributed by atoms with Gasteiger partial charge in [-0.2, -0.15) is 0 Å². The minimum Gasteiger partial charge on any atom is -0.352 e. The molecule has 2 heteroatoms. The van der Waals surface area contributed by atoms with Gasteiger partial charge in [0.2, 0.25) is 5.91 Å². The lowest BCUT2D eigenvalue weighted by molar-refractivity contribution is -0.117. The molecular weight excluding hydrogens is 210 g/mol. The van der Waals surface area contributed by atoms with Crippen molar-refractivity contribution in [1.29, 1.82) is 0 Å². The lowest BCUT2D eigenvalue weighted by atomic mass is 10.1. The zero-order valence-corrected chi connectivity index (χ0v) is 11.8. The van der Waals surface area contributed by atoms with E-state index in [0.29, 0.717) is 0 Å². The van der Waals surface area contributed by atoms with E-state index in [1.807, 2.05) is 13.0 Å². The highest BCUT2D eigenvalue weighted by atomic mass is 16.1. The van der Waals surface area contributed by atoms with Crippen LogP contribution in [0.4, 0.5) is 0 Å². The van der Waals surface area contributed by atoms with E-state index in [1.165, 1.54) is 32.1 Å². The summed E-state index contributed by atoms with van der Waals surface area (Å²) in [6.07, 6.45) is 11.2. The summed E-state index contributed by atoms with van der Waals surface area (Å²) < 4.78 is 0. The van der Waals surface area contributed by atoms with Gasteiger partial charge in [-0.3, -0.25) is 4.79 Å². The van der Waals surface area contributed by atoms with Gasteiger partial charge in [-0.25, -0.2) is 0 Å². The molecule has 0 heterocycles. The molecule has 0 spiro atoms. The lowest BCUT2D eigenvalue weighted by Crippen LogP contribution is -2.26. The number of carbonyl (C=O) groups is 1. The molecule has 0 fully saturated rings.